The highest BCUT2D eigenvalue weighted by Crippen LogP contribution is 2.37. The van der Waals surface area contributed by atoms with Gasteiger partial charge in [0.25, 0.3) is 0 Å². The van der Waals surface area contributed by atoms with Gasteiger partial charge in [0, 0.05) is 10.5 Å². The molecule has 2 aromatic rings. The lowest BCUT2D eigenvalue weighted by Crippen LogP contribution is -2.03. The van der Waals surface area contributed by atoms with Crippen molar-refractivity contribution in [2.45, 2.75) is 19.3 Å². The molecule has 0 radical (unpaired) electrons. The standard InChI is InChI=1S/C27H28N4O6/c1-34-24-12-8-19(15-26(24)36-3)6-10-22(30-33)21(14-18-4-5-18)23(32)11-7-20-9-13-25(35-2)27(16-20)37-17-29-31-28/h6-13,15-16,18H,4-5,14,17H2,1-3H3/b10-6+,11-7+,22-21-. The van der Waals surface area contributed by atoms with Gasteiger partial charge in [-0.2, -0.15) is 0 Å². The molecule has 1 aliphatic rings. The van der Waals surface area contributed by atoms with Crippen molar-refractivity contribution >= 4 is 17.9 Å². The lowest BCUT2D eigenvalue weighted by Gasteiger charge is -2.09. The molecule has 0 heterocycles. The predicted molar refractivity (Wildman–Crippen MR) is 140 cm³/mol. The second-order valence-corrected chi connectivity index (χ2v) is 8.16. The number of nitrogens with zero attached hydrogens (tertiary/aromatic N) is 4. The first-order chi connectivity index (χ1) is 18.0. The fraction of sp³-hybridized carbons (Fsp3) is 0.296. The Morgan fingerprint density at radius 2 is 1.54 bits per heavy atom. The molecule has 37 heavy (non-hydrogen) atoms. The van der Waals surface area contributed by atoms with Crippen molar-refractivity contribution in [3.8, 4) is 23.0 Å². The molecule has 0 aliphatic heterocycles. The predicted octanol–water partition coefficient (Wildman–Crippen LogP) is 6.48. The zero-order chi connectivity index (χ0) is 26.6. The van der Waals surface area contributed by atoms with E-state index in [1.54, 1.807) is 62.8 Å². The van der Waals surface area contributed by atoms with Crippen LogP contribution in [0.4, 0.5) is 0 Å². The van der Waals surface area contributed by atoms with Gasteiger partial charge in [0.2, 0.25) is 0 Å². The second-order valence-electron chi connectivity index (χ2n) is 8.16. The molecule has 10 nitrogen and oxygen atoms in total. The summed E-state index contributed by atoms with van der Waals surface area (Å²) in [5.74, 6) is 2.02. The number of carbonyl (C=O) groups is 1. The van der Waals surface area contributed by atoms with Crippen LogP contribution in [0, 0.1) is 10.8 Å². The topological polar surface area (TPSA) is 132 Å². The number of ether oxygens (including phenoxy) is 4. The van der Waals surface area contributed by atoms with Gasteiger partial charge in [-0.15, -0.1) is 4.91 Å². The molecule has 1 aliphatic carbocycles. The summed E-state index contributed by atoms with van der Waals surface area (Å²) < 4.78 is 21.3. The number of rotatable bonds is 14. The van der Waals surface area contributed by atoms with Gasteiger partial charge in [-0.1, -0.05) is 29.4 Å². The van der Waals surface area contributed by atoms with Crippen molar-refractivity contribution in [1.29, 1.82) is 0 Å². The van der Waals surface area contributed by atoms with E-state index in [0.29, 0.717) is 46.5 Å². The van der Waals surface area contributed by atoms with E-state index in [-0.39, 0.29) is 18.2 Å². The van der Waals surface area contributed by atoms with Crippen LogP contribution in [0.3, 0.4) is 0 Å². The molecule has 1 fully saturated rings. The summed E-state index contributed by atoms with van der Waals surface area (Å²) in [6.45, 7) is -0.200. The van der Waals surface area contributed by atoms with E-state index >= 15 is 0 Å². The van der Waals surface area contributed by atoms with E-state index in [1.807, 2.05) is 6.07 Å². The van der Waals surface area contributed by atoms with Crippen LogP contribution in [0.1, 0.15) is 30.4 Å². The monoisotopic (exact) mass is 504 g/mol. The molecule has 0 N–H and O–H groups in total. The number of hydrogen-bond acceptors (Lipinski definition) is 8. The molecular formula is C27H28N4O6. The molecule has 0 unspecified atom stereocenters. The number of azide groups is 1. The van der Waals surface area contributed by atoms with Gasteiger partial charge in [-0.3, -0.25) is 4.79 Å². The highest BCUT2D eigenvalue weighted by molar-refractivity contribution is 6.07. The fourth-order valence-electron chi connectivity index (χ4n) is 3.57. The van der Waals surface area contributed by atoms with Crippen molar-refractivity contribution < 1.29 is 23.7 Å². The van der Waals surface area contributed by atoms with Gasteiger partial charge in [0.1, 0.15) is 5.70 Å². The van der Waals surface area contributed by atoms with Crippen LogP contribution < -0.4 is 18.9 Å². The van der Waals surface area contributed by atoms with E-state index in [9.17, 15) is 9.70 Å². The number of ketones is 1. The molecule has 0 spiro atoms. The Hall–Kier alpha value is -4.56. The molecular weight excluding hydrogens is 476 g/mol. The average Bonchev–Trinajstić information content (AvgIpc) is 3.75. The molecule has 0 bridgehead atoms. The van der Waals surface area contributed by atoms with E-state index in [0.717, 1.165) is 18.4 Å². The Morgan fingerprint density at radius 1 is 0.946 bits per heavy atom. The van der Waals surface area contributed by atoms with Crippen molar-refractivity contribution in [3.05, 3.63) is 86.3 Å². The molecule has 0 amide bonds. The van der Waals surface area contributed by atoms with Gasteiger partial charge in [0.15, 0.2) is 35.5 Å². The molecule has 0 atom stereocenters. The summed E-state index contributed by atoms with van der Waals surface area (Å²) in [5.41, 5.74) is 10.3. The summed E-state index contributed by atoms with van der Waals surface area (Å²) in [6.07, 6.45) is 8.78. The van der Waals surface area contributed by atoms with E-state index < -0.39 is 0 Å². The van der Waals surface area contributed by atoms with Crippen molar-refractivity contribution in [1.82, 2.24) is 0 Å². The molecule has 0 saturated heterocycles. The van der Waals surface area contributed by atoms with Crippen LogP contribution in [0.15, 0.2) is 70.1 Å². The normalized spacial score (nSPS) is 13.6. The highest BCUT2D eigenvalue weighted by atomic mass is 16.5. The molecule has 1 saturated carbocycles. The van der Waals surface area contributed by atoms with Gasteiger partial charge >= 0.3 is 0 Å². The first kappa shape index (κ1) is 27.0. The fourth-order valence-corrected chi connectivity index (χ4v) is 3.57. The lowest BCUT2D eigenvalue weighted by atomic mass is 10.00. The highest BCUT2D eigenvalue weighted by Gasteiger charge is 2.26. The van der Waals surface area contributed by atoms with Gasteiger partial charge < -0.3 is 18.9 Å². The quantitative estimate of drug-likeness (QED) is 0.0722. The Balaban J connectivity index is 1.86. The van der Waals surface area contributed by atoms with Gasteiger partial charge in [-0.05, 0) is 83.4 Å². The number of allylic oxidation sites excluding steroid dienone is 3. The molecule has 3 rings (SSSR count). The Labute approximate surface area is 214 Å². The minimum Gasteiger partial charge on any atom is -0.493 e. The van der Waals surface area contributed by atoms with Crippen LogP contribution in [0.25, 0.3) is 22.6 Å². The Kier molecular flexibility index (Phi) is 9.87. The largest absolute Gasteiger partial charge is 0.493 e. The van der Waals surface area contributed by atoms with E-state index in [1.165, 1.54) is 13.2 Å². The minimum atomic E-state index is -0.300. The van der Waals surface area contributed by atoms with Gasteiger partial charge in [-0.25, -0.2) is 0 Å². The molecule has 2 aromatic carbocycles. The SMILES string of the molecule is COc1ccc(/C=C/C(N=O)=C(\CC2CC2)C(=O)/C=C/c2ccc(OC)c(OCN=[N+]=[N-])c2)cc1OC. The Morgan fingerprint density at radius 3 is 2.11 bits per heavy atom. The summed E-state index contributed by atoms with van der Waals surface area (Å²) in [5, 5.41) is 6.53. The maximum Gasteiger partial charge on any atom is 0.184 e. The first-order valence-corrected chi connectivity index (χ1v) is 11.5. The number of carbonyl (C=O) groups excluding carboxylic acids is 1. The van der Waals surface area contributed by atoms with Gasteiger partial charge in [0.05, 0.1) is 21.3 Å². The minimum absolute atomic E-state index is 0.0875. The van der Waals surface area contributed by atoms with Crippen molar-refractivity contribution in [2.75, 3.05) is 28.1 Å². The van der Waals surface area contributed by atoms with Crippen molar-refractivity contribution in [3.63, 3.8) is 0 Å². The van der Waals surface area contributed by atoms with Crippen LogP contribution >= 0.6 is 0 Å². The summed E-state index contributed by atoms with van der Waals surface area (Å²) in [4.78, 5) is 27.6. The van der Waals surface area contributed by atoms with Crippen LogP contribution in [0.2, 0.25) is 0 Å². The van der Waals surface area contributed by atoms with Crippen LogP contribution in [0.5, 0.6) is 23.0 Å². The number of benzene rings is 2. The second kappa shape index (κ2) is 13.5. The third-order valence-electron chi connectivity index (χ3n) is 5.69. The molecule has 10 heteroatoms. The van der Waals surface area contributed by atoms with E-state index in [4.69, 9.17) is 24.5 Å². The third kappa shape index (κ3) is 7.71. The van der Waals surface area contributed by atoms with Crippen LogP contribution in [-0.4, -0.2) is 33.8 Å². The third-order valence-corrected chi connectivity index (χ3v) is 5.69. The van der Waals surface area contributed by atoms with Crippen molar-refractivity contribution in [2.24, 2.45) is 16.2 Å². The number of nitroso groups, excluding NO2 is 1. The smallest absolute Gasteiger partial charge is 0.184 e. The zero-order valence-electron chi connectivity index (χ0n) is 20.9. The summed E-state index contributed by atoms with van der Waals surface area (Å²) in [7, 11) is 4.59. The van der Waals surface area contributed by atoms with E-state index in [2.05, 4.69) is 15.2 Å². The summed E-state index contributed by atoms with van der Waals surface area (Å²) in [6, 6.07) is 10.4. The zero-order valence-corrected chi connectivity index (χ0v) is 20.9. The maximum atomic E-state index is 13.2. The average molecular weight is 505 g/mol. The summed E-state index contributed by atoms with van der Waals surface area (Å²) >= 11 is 0. The number of methoxy groups -OCH3 is 3. The molecule has 0 aromatic heterocycles. The number of hydrogen-bond donors (Lipinski definition) is 0. The molecule has 192 valence electrons. The maximum absolute atomic E-state index is 13.2. The lowest BCUT2D eigenvalue weighted by molar-refractivity contribution is -0.111. The Bertz CT molecular complexity index is 1270. The first-order valence-electron chi connectivity index (χ1n) is 11.5. The van der Waals surface area contributed by atoms with Crippen LogP contribution in [-0.2, 0) is 4.79 Å².